The fraction of sp³-hybridized carbons (Fsp3) is 0.231. The van der Waals surface area contributed by atoms with Crippen LogP contribution in [0.5, 0.6) is 0 Å². The van der Waals surface area contributed by atoms with Crippen molar-refractivity contribution < 1.29 is 4.79 Å². The number of rotatable bonds is 2. The highest BCUT2D eigenvalue weighted by molar-refractivity contribution is 7.15. The van der Waals surface area contributed by atoms with Gasteiger partial charge in [-0.25, -0.2) is 4.98 Å². The molecule has 0 atom stereocenters. The summed E-state index contributed by atoms with van der Waals surface area (Å²) in [6, 6.07) is 7.51. The van der Waals surface area contributed by atoms with Gasteiger partial charge >= 0.3 is 0 Å². The molecular weight excluding hydrogens is 232 g/mol. The van der Waals surface area contributed by atoms with E-state index in [9.17, 15) is 4.79 Å². The lowest BCUT2D eigenvalue weighted by molar-refractivity contribution is 0.102. The number of hydrogen-bond acceptors (Lipinski definition) is 3. The van der Waals surface area contributed by atoms with Gasteiger partial charge in [0.05, 0.1) is 5.69 Å². The molecule has 1 heterocycles. The Hall–Kier alpha value is -1.68. The van der Waals surface area contributed by atoms with Crippen molar-refractivity contribution in [3.8, 4) is 0 Å². The molecule has 4 heteroatoms. The Bertz CT molecular complexity index is 541. The van der Waals surface area contributed by atoms with Gasteiger partial charge in [-0.2, -0.15) is 0 Å². The Balaban J connectivity index is 2.17. The summed E-state index contributed by atoms with van der Waals surface area (Å²) < 4.78 is 0. The SMILES string of the molecule is Cc1cccc(C(=O)Nc2nc(C)c(C)s2)c1. The molecule has 0 fully saturated rings. The second kappa shape index (κ2) is 4.67. The largest absolute Gasteiger partial charge is 0.298 e. The molecule has 3 nitrogen and oxygen atoms in total. The first kappa shape index (κ1) is 11.8. The predicted molar refractivity (Wildman–Crippen MR) is 70.7 cm³/mol. The third kappa shape index (κ3) is 2.71. The first-order chi connectivity index (χ1) is 8.06. The molecule has 0 bridgehead atoms. The number of nitrogens with zero attached hydrogens (tertiary/aromatic N) is 1. The number of thiazole rings is 1. The molecule has 2 aromatic rings. The van der Waals surface area contributed by atoms with E-state index in [4.69, 9.17) is 0 Å². The molecule has 0 spiro atoms. The number of carbonyl (C=O) groups excluding carboxylic acids is 1. The zero-order valence-electron chi connectivity index (χ0n) is 10.1. The molecule has 0 aliphatic rings. The molecule has 0 aliphatic carbocycles. The molecule has 0 radical (unpaired) electrons. The van der Waals surface area contributed by atoms with Crippen LogP contribution in [0.4, 0.5) is 5.13 Å². The Morgan fingerprint density at radius 2 is 2.06 bits per heavy atom. The van der Waals surface area contributed by atoms with E-state index < -0.39 is 0 Å². The summed E-state index contributed by atoms with van der Waals surface area (Å²) in [4.78, 5) is 17.4. The van der Waals surface area contributed by atoms with Gasteiger partial charge in [-0.15, -0.1) is 11.3 Å². The van der Waals surface area contributed by atoms with Crippen LogP contribution in [0.3, 0.4) is 0 Å². The van der Waals surface area contributed by atoms with Crippen molar-refractivity contribution in [1.82, 2.24) is 4.98 Å². The number of benzene rings is 1. The summed E-state index contributed by atoms with van der Waals surface area (Å²) in [5.41, 5.74) is 2.70. The zero-order valence-corrected chi connectivity index (χ0v) is 10.9. The van der Waals surface area contributed by atoms with Gasteiger partial charge in [0.25, 0.3) is 5.91 Å². The second-order valence-electron chi connectivity index (χ2n) is 3.98. The Kier molecular flexibility index (Phi) is 3.24. The van der Waals surface area contributed by atoms with Crippen molar-refractivity contribution in [2.45, 2.75) is 20.8 Å². The van der Waals surface area contributed by atoms with Crippen molar-refractivity contribution in [2.24, 2.45) is 0 Å². The van der Waals surface area contributed by atoms with Gasteiger partial charge in [-0.05, 0) is 32.9 Å². The summed E-state index contributed by atoms with van der Waals surface area (Å²) in [6.45, 7) is 5.90. The van der Waals surface area contributed by atoms with E-state index in [0.717, 1.165) is 16.1 Å². The predicted octanol–water partition coefficient (Wildman–Crippen LogP) is 3.32. The van der Waals surface area contributed by atoms with Crippen molar-refractivity contribution >= 4 is 22.4 Å². The smallest absolute Gasteiger partial charge is 0.257 e. The summed E-state index contributed by atoms with van der Waals surface area (Å²) in [7, 11) is 0. The van der Waals surface area contributed by atoms with Crippen LogP contribution in [0.15, 0.2) is 24.3 Å². The highest BCUT2D eigenvalue weighted by Crippen LogP contribution is 2.21. The van der Waals surface area contributed by atoms with E-state index in [1.807, 2.05) is 39.0 Å². The monoisotopic (exact) mass is 246 g/mol. The van der Waals surface area contributed by atoms with E-state index in [0.29, 0.717) is 10.7 Å². The molecule has 0 saturated heterocycles. The maximum atomic E-state index is 11.9. The van der Waals surface area contributed by atoms with Crippen LogP contribution in [0, 0.1) is 20.8 Å². The van der Waals surface area contributed by atoms with Gasteiger partial charge in [0.2, 0.25) is 0 Å². The third-order valence-corrected chi connectivity index (χ3v) is 3.52. The van der Waals surface area contributed by atoms with Crippen LogP contribution < -0.4 is 5.32 Å². The molecule has 2 rings (SSSR count). The molecule has 1 aromatic carbocycles. The van der Waals surface area contributed by atoms with Gasteiger partial charge in [-0.1, -0.05) is 17.7 Å². The van der Waals surface area contributed by atoms with E-state index in [2.05, 4.69) is 10.3 Å². The lowest BCUT2D eigenvalue weighted by Gasteiger charge is -2.02. The Morgan fingerprint density at radius 3 is 2.65 bits per heavy atom. The van der Waals surface area contributed by atoms with Crippen LogP contribution in [0.2, 0.25) is 0 Å². The van der Waals surface area contributed by atoms with Crippen molar-refractivity contribution in [3.63, 3.8) is 0 Å². The van der Waals surface area contributed by atoms with Gasteiger partial charge in [-0.3, -0.25) is 10.1 Å². The molecular formula is C13H14N2OS. The number of hydrogen-bond donors (Lipinski definition) is 1. The van der Waals surface area contributed by atoms with Crippen LogP contribution >= 0.6 is 11.3 Å². The normalized spacial score (nSPS) is 10.3. The average molecular weight is 246 g/mol. The quantitative estimate of drug-likeness (QED) is 0.883. The lowest BCUT2D eigenvalue weighted by Crippen LogP contribution is -2.11. The number of nitrogens with one attached hydrogen (secondary N) is 1. The molecule has 0 unspecified atom stereocenters. The first-order valence-corrected chi connectivity index (χ1v) is 6.20. The van der Waals surface area contributed by atoms with E-state index in [1.54, 1.807) is 6.07 Å². The lowest BCUT2D eigenvalue weighted by atomic mass is 10.1. The number of carbonyl (C=O) groups is 1. The van der Waals surface area contributed by atoms with Gasteiger partial charge in [0.1, 0.15) is 0 Å². The highest BCUT2D eigenvalue weighted by atomic mass is 32.1. The first-order valence-electron chi connectivity index (χ1n) is 5.38. The maximum absolute atomic E-state index is 11.9. The molecule has 88 valence electrons. The van der Waals surface area contributed by atoms with Crippen LogP contribution in [0.25, 0.3) is 0 Å². The van der Waals surface area contributed by atoms with E-state index in [-0.39, 0.29) is 5.91 Å². The van der Waals surface area contributed by atoms with Crippen LogP contribution in [-0.2, 0) is 0 Å². The number of aromatic nitrogens is 1. The van der Waals surface area contributed by atoms with Gasteiger partial charge in [0.15, 0.2) is 5.13 Å². The topological polar surface area (TPSA) is 42.0 Å². The van der Waals surface area contributed by atoms with Gasteiger partial charge in [0, 0.05) is 10.4 Å². The highest BCUT2D eigenvalue weighted by Gasteiger charge is 2.09. The molecule has 0 saturated carbocycles. The summed E-state index contributed by atoms with van der Waals surface area (Å²) in [5.74, 6) is -0.109. The van der Waals surface area contributed by atoms with E-state index in [1.165, 1.54) is 11.3 Å². The maximum Gasteiger partial charge on any atom is 0.257 e. The van der Waals surface area contributed by atoms with Crippen molar-refractivity contribution in [2.75, 3.05) is 5.32 Å². The molecule has 0 aliphatic heterocycles. The zero-order chi connectivity index (χ0) is 12.4. The summed E-state index contributed by atoms with van der Waals surface area (Å²) in [5, 5.41) is 3.47. The average Bonchev–Trinajstić information content (AvgIpc) is 2.58. The molecule has 1 amide bonds. The van der Waals surface area contributed by atoms with Crippen LogP contribution in [-0.4, -0.2) is 10.9 Å². The minimum atomic E-state index is -0.109. The Morgan fingerprint density at radius 1 is 1.29 bits per heavy atom. The molecule has 1 N–H and O–H groups in total. The van der Waals surface area contributed by atoms with Crippen molar-refractivity contribution in [3.05, 3.63) is 46.0 Å². The molecule has 17 heavy (non-hydrogen) atoms. The Labute approximate surface area is 105 Å². The minimum Gasteiger partial charge on any atom is -0.298 e. The summed E-state index contributed by atoms with van der Waals surface area (Å²) >= 11 is 1.50. The minimum absolute atomic E-state index is 0.109. The van der Waals surface area contributed by atoms with Crippen molar-refractivity contribution in [1.29, 1.82) is 0 Å². The van der Waals surface area contributed by atoms with E-state index >= 15 is 0 Å². The summed E-state index contributed by atoms with van der Waals surface area (Å²) in [6.07, 6.45) is 0. The third-order valence-electron chi connectivity index (χ3n) is 2.53. The van der Waals surface area contributed by atoms with Gasteiger partial charge < -0.3 is 0 Å². The standard InChI is InChI=1S/C13H14N2OS/c1-8-5-4-6-11(7-8)12(16)15-13-14-9(2)10(3)17-13/h4-7H,1-3H3,(H,14,15,16). The second-order valence-corrected chi connectivity index (χ2v) is 5.19. The number of anilines is 1. The molecule has 1 aromatic heterocycles. The fourth-order valence-electron chi connectivity index (χ4n) is 1.48. The number of aryl methyl sites for hydroxylation is 3. The van der Waals surface area contributed by atoms with Crippen LogP contribution in [0.1, 0.15) is 26.5 Å². The number of amides is 1. The fourth-order valence-corrected chi connectivity index (χ4v) is 2.29.